The van der Waals surface area contributed by atoms with Crippen LogP contribution in [0.2, 0.25) is 0 Å². The van der Waals surface area contributed by atoms with Gasteiger partial charge < -0.3 is 26.3 Å². The molecular weight excluding hydrogens is 562 g/mol. The molecule has 8 nitrogen and oxygen atoms in total. The molecule has 0 unspecified atom stereocenters. The summed E-state index contributed by atoms with van der Waals surface area (Å²) < 4.78 is 30.0. The van der Waals surface area contributed by atoms with Crippen molar-refractivity contribution in [2.75, 3.05) is 20.6 Å². The zero-order valence-corrected chi connectivity index (χ0v) is 25.3. The van der Waals surface area contributed by atoms with Crippen LogP contribution in [-0.4, -0.2) is 43.7 Å². The average molecular weight is 601 g/mol. The number of carbonyl (C=O) groups excluding carboxylic acids is 2. The van der Waals surface area contributed by atoms with Crippen LogP contribution < -0.4 is 21.7 Å². The number of nitrogens with one attached hydrogen (secondary N) is 3. The van der Waals surface area contributed by atoms with E-state index in [9.17, 15) is 18.4 Å². The number of nitrogens with two attached hydrogens (primary N) is 1. The number of aliphatic imine (C=N–C) groups is 1. The smallest absolute Gasteiger partial charge is 0.251 e. The lowest BCUT2D eigenvalue weighted by Crippen LogP contribution is -2.18. The quantitative estimate of drug-likeness (QED) is 0.137. The number of aryl methyl sites for hydroxylation is 1. The zero-order chi connectivity index (χ0) is 32.1. The lowest BCUT2D eigenvalue weighted by Gasteiger charge is -2.08. The first-order valence-electron chi connectivity index (χ1n) is 14.1. The molecule has 1 heterocycles. The number of carbonyl (C=O) groups is 2. The van der Waals surface area contributed by atoms with Gasteiger partial charge in [0.1, 0.15) is 11.6 Å². The third kappa shape index (κ3) is 9.20. The minimum Gasteiger partial charge on any atom is -0.401 e. The largest absolute Gasteiger partial charge is 0.401 e. The summed E-state index contributed by atoms with van der Waals surface area (Å²) in [5.41, 5.74) is 10.9. The molecule has 0 aliphatic heterocycles. The number of amides is 2. The summed E-state index contributed by atoms with van der Waals surface area (Å²) in [6.07, 6.45) is 8.81. The first-order valence-corrected chi connectivity index (χ1v) is 14.1. The van der Waals surface area contributed by atoms with Crippen molar-refractivity contribution in [1.29, 1.82) is 0 Å². The molecule has 4 aromatic rings. The molecule has 0 spiro atoms. The highest BCUT2D eigenvalue weighted by Gasteiger charge is 2.10. The van der Waals surface area contributed by atoms with Crippen LogP contribution in [0.15, 0.2) is 89.8 Å². The number of aromatic nitrogens is 1. The van der Waals surface area contributed by atoms with Crippen LogP contribution >= 0.6 is 0 Å². The van der Waals surface area contributed by atoms with Gasteiger partial charge in [0.05, 0.1) is 17.4 Å². The zero-order valence-electron chi connectivity index (χ0n) is 25.3. The van der Waals surface area contributed by atoms with Crippen LogP contribution in [0.5, 0.6) is 0 Å². The second-order valence-electron chi connectivity index (χ2n) is 9.88. The first-order chi connectivity index (χ1) is 21.2. The Balaban J connectivity index is 0.000000583. The first kappa shape index (κ1) is 33.4. The van der Waals surface area contributed by atoms with Gasteiger partial charge in [0.25, 0.3) is 5.91 Å². The fraction of sp³-hybridized carbons (Fsp3) is 0.206. The molecule has 0 aliphatic carbocycles. The fourth-order valence-corrected chi connectivity index (χ4v) is 4.53. The molecule has 3 aromatic carbocycles. The Morgan fingerprint density at radius 1 is 1.02 bits per heavy atom. The molecule has 0 aliphatic rings. The van der Waals surface area contributed by atoms with Gasteiger partial charge in [-0.1, -0.05) is 25.1 Å². The van der Waals surface area contributed by atoms with Crippen molar-refractivity contribution in [2.45, 2.75) is 26.7 Å². The van der Waals surface area contributed by atoms with E-state index in [1.165, 1.54) is 37.5 Å². The predicted molar refractivity (Wildman–Crippen MR) is 174 cm³/mol. The summed E-state index contributed by atoms with van der Waals surface area (Å²) in [4.78, 5) is 27.3. The third-order valence-electron chi connectivity index (χ3n) is 6.55. The van der Waals surface area contributed by atoms with Crippen LogP contribution in [0, 0.1) is 18.6 Å². The van der Waals surface area contributed by atoms with Crippen molar-refractivity contribution >= 4 is 35.1 Å². The summed E-state index contributed by atoms with van der Waals surface area (Å²) in [5.74, 6) is -0.970. The molecule has 0 fully saturated rings. The standard InChI is InChI=1S/C28H24F2N4O2.C6H14N2/c1-18-16-34(27-7-6-22(29)14-25(18)27)24-11-19(10-23(30)13-24)8-9-32-15-26(33-17-35)20-4-3-5-21(12-20)28(36)31-2;1-3-4-6(7)5-8-2/h3-7,9-17H,8H2,1-2H3,(H,31,36)(H,33,35);4,8H,3,5,7H2,1-2H3/b26-15-,32-9?;. The van der Waals surface area contributed by atoms with Crippen molar-refractivity contribution in [3.05, 3.63) is 119 Å². The summed E-state index contributed by atoms with van der Waals surface area (Å²) in [6.45, 7) is 4.75. The molecule has 5 N–H and O–H groups in total. The SMILES string of the molecule is CCC=C(N)CNC.CNC(=O)c1cccc(/C(=C/N=CCc2cc(F)cc(-n3cc(C)c4cc(F)ccc43)c2)NC=O)c1. The molecule has 2 amide bonds. The number of benzene rings is 3. The van der Waals surface area contributed by atoms with Crippen LogP contribution in [0.1, 0.15) is 40.4 Å². The molecule has 0 bridgehead atoms. The summed E-state index contributed by atoms with van der Waals surface area (Å²) in [5, 5.41) is 8.87. The van der Waals surface area contributed by atoms with Gasteiger partial charge >= 0.3 is 0 Å². The van der Waals surface area contributed by atoms with E-state index in [2.05, 4.69) is 27.9 Å². The van der Waals surface area contributed by atoms with E-state index in [4.69, 9.17) is 5.73 Å². The van der Waals surface area contributed by atoms with E-state index >= 15 is 0 Å². The van der Waals surface area contributed by atoms with Gasteiger partial charge in [-0.3, -0.25) is 14.6 Å². The van der Waals surface area contributed by atoms with E-state index in [0.717, 1.165) is 35.1 Å². The Bertz CT molecular complexity index is 1690. The monoisotopic (exact) mass is 600 g/mol. The summed E-state index contributed by atoms with van der Waals surface area (Å²) >= 11 is 0. The van der Waals surface area contributed by atoms with Gasteiger partial charge in [0.2, 0.25) is 6.41 Å². The fourth-order valence-electron chi connectivity index (χ4n) is 4.53. The Kier molecular flexibility index (Phi) is 12.5. The number of hydrogen-bond acceptors (Lipinski definition) is 5. The van der Waals surface area contributed by atoms with E-state index < -0.39 is 5.82 Å². The minimum atomic E-state index is -0.401. The molecule has 4 rings (SSSR count). The van der Waals surface area contributed by atoms with Crippen molar-refractivity contribution in [1.82, 2.24) is 20.5 Å². The van der Waals surface area contributed by atoms with E-state index in [0.29, 0.717) is 40.9 Å². The molecular formula is C34H38F2N6O2. The number of likely N-dealkylation sites (N-methyl/N-ethyl adjacent to an activating group) is 1. The van der Waals surface area contributed by atoms with Crippen LogP contribution in [0.4, 0.5) is 8.78 Å². The van der Waals surface area contributed by atoms with Gasteiger partial charge in [-0.15, -0.1) is 0 Å². The summed E-state index contributed by atoms with van der Waals surface area (Å²) in [7, 11) is 3.42. The minimum absolute atomic E-state index is 0.247. The molecule has 1 aromatic heterocycles. The molecule has 0 atom stereocenters. The third-order valence-corrected chi connectivity index (χ3v) is 6.55. The van der Waals surface area contributed by atoms with Crippen molar-refractivity contribution in [3.8, 4) is 5.69 Å². The number of hydrogen-bond donors (Lipinski definition) is 4. The van der Waals surface area contributed by atoms with Gasteiger partial charge in [-0.05, 0) is 80.1 Å². The maximum Gasteiger partial charge on any atom is 0.251 e. The van der Waals surface area contributed by atoms with Gasteiger partial charge in [0, 0.05) is 60.3 Å². The van der Waals surface area contributed by atoms with E-state index in [1.54, 1.807) is 36.5 Å². The molecule has 0 saturated heterocycles. The maximum atomic E-state index is 14.5. The van der Waals surface area contributed by atoms with Gasteiger partial charge in [-0.25, -0.2) is 8.78 Å². The lowest BCUT2D eigenvalue weighted by molar-refractivity contribution is -0.108. The molecule has 0 radical (unpaired) electrons. The molecule has 44 heavy (non-hydrogen) atoms. The molecule has 230 valence electrons. The van der Waals surface area contributed by atoms with Crippen LogP contribution in [0.25, 0.3) is 22.3 Å². The van der Waals surface area contributed by atoms with Crippen LogP contribution in [0.3, 0.4) is 0 Å². The Morgan fingerprint density at radius 3 is 2.50 bits per heavy atom. The normalized spacial score (nSPS) is 11.8. The second-order valence-corrected chi connectivity index (χ2v) is 9.88. The Morgan fingerprint density at radius 2 is 1.80 bits per heavy atom. The number of rotatable bonds is 11. The highest BCUT2D eigenvalue weighted by molar-refractivity contribution is 5.95. The van der Waals surface area contributed by atoms with Crippen molar-refractivity contribution < 1.29 is 18.4 Å². The average Bonchev–Trinajstić information content (AvgIpc) is 3.34. The topological polar surface area (TPSA) is 114 Å². The van der Waals surface area contributed by atoms with Gasteiger partial charge in [-0.2, -0.15) is 0 Å². The van der Waals surface area contributed by atoms with E-state index in [-0.39, 0.29) is 11.7 Å². The maximum absolute atomic E-state index is 14.5. The predicted octanol–water partition coefficient (Wildman–Crippen LogP) is 5.39. The Hall–Kier alpha value is -5.09. The van der Waals surface area contributed by atoms with Crippen molar-refractivity contribution in [2.24, 2.45) is 10.7 Å². The van der Waals surface area contributed by atoms with Gasteiger partial charge in [0.15, 0.2) is 0 Å². The van der Waals surface area contributed by atoms with Crippen LogP contribution in [-0.2, 0) is 11.2 Å². The lowest BCUT2D eigenvalue weighted by atomic mass is 10.1. The molecule has 0 saturated carbocycles. The Labute approximate surface area is 256 Å². The number of halogens is 2. The number of nitrogens with zero attached hydrogens (tertiary/aromatic N) is 2. The number of fused-ring (bicyclic) bond motifs is 1. The number of allylic oxidation sites excluding steroid dienone is 1. The summed E-state index contributed by atoms with van der Waals surface area (Å²) in [6, 6.07) is 16.0. The van der Waals surface area contributed by atoms with Crippen molar-refractivity contribution in [3.63, 3.8) is 0 Å². The highest BCUT2D eigenvalue weighted by Crippen LogP contribution is 2.26. The molecule has 10 heteroatoms. The highest BCUT2D eigenvalue weighted by atomic mass is 19.1. The van der Waals surface area contributed by atoms with E-state index in [1.807, 2.05) is 36.9 Å². The second kappa shape index (κ2) is 16.5.